The smallest absolute Gasteiger partial charge is 0.203 e. The molecule has 0 fully saturated rings. The molecule has 0 atom stereocenters. The number of benzene rings is 2. The number of ether oxygens (including phenoxy) is 3. The van der Waals surface area contributed by atoms with Crippen molar-refractivity contribution in [3.05, 3.63) is 47.3 Å². The predicted octanol–water partition coefficient (Wildman–Crippen LogP) is 5.56. The molecular formula is C21H18F2N4O3S2. The van der Waals surface area contributed by atoms with E-state index >= 15 is 0 Å². The summed E-state index contributed by atoms with van der Waals surface area (Å²) in [6.07, 6.45) is 0. The van der Waals surface area contributed by atoms with Crippen molar-refractivity contribution in [2.24, 2.45) is 0 Å². The maximum atomic E-state index is 13.6. The highest BCUT2D eigenvalue weighted by Gasteiger charge is 2.18. The van der Waals surface area contributed by atoms with Crippen LogP contribution in [0.3, 0.4) is 0 Å². The highest BCUT2D eigenvalue weighted by atomic mass is 32.1. The Morgan fingerprint density at radius 3 is 2.28 bits per heavy atom. The van der Waals surface area contributed by atoms with E-state index < -0.39 is 11.6 Å². The molecule has 0 saturated carbocycles. The molecule has 2 aromatic heterocycles. The first kappa shape index (κ1) is 21.8. The van der Waals surface area contributed by atoms with Gasteiger partial charge in [-0.05, 0) is 18.2 Å². The number of nitrogen functional groups attached to an aromatic ring is 1. The maximum Gasteiger partial charge on any atom is 0.203 e. The summed E-state index contributed by atoms with van der Waals surface area (Å²) >= 11 is 2.65. The Kier molecular flexibility index (Phi) is 6.10. The largest absolute Gasteiger partial charge is 0.493 e. The average molecular weight is 477 g/mol. The van der Waals surface area contributed by atoms with Crippen molar-refractivity contribution in [1.82, 2.24) is 9.97 Å². The second kappa shape index (κ2) is 8.97. The van der Waals surface area contributed by atoms with Crippen molar-refractivity contribution in [3.8, 4) is 38.4 Å². The fraction of sp³-hybridized carbons (Fsp3) is 0.143. The van der Waals surface area contributed by atoms with Crippen molar-refractivity contribution in [2.75, 3.05) is 32.4 Å². The Hall–Kier alpha value is -3.44. The predicted molar refractivity (Wildman–Crippen MR) is 122 cm³/mol. The molecule has 2 aromatic carbocycles. The Labute approximate surface area is 190 Å². The summed E-state index contributed by atoms with van der Waals surface area (Å²) in [5.41, 5.74) is 7.79. The van der Waals surface area contributed by atoms with Crippen molar-refractivity contribution >= 4 is 39.3 Å². The summed E-state index contributed by atoms with van der Waals surface area (Å²) < 4.78 is 42.9. The summed E-state index contributed by atoms with van der Waals surface area (Å²) in [7, 11) is 4.60. The lowest BCUT2D eigenvalue weighted by Crippen LogP contribution is -1.97. The minimum atomic E-state index is -0.925. The minimum absolute atomic E-state index is 0.302. The molecular weight excluding hydrogens is 458 g/mol. The lowest BCUT2D eigenvalue weighted by molar-refractivity contribution is 0.324. The summed E-state index contributed by atoms with van der Waals surface area (Å²) in [5, 5.41) is 6.10. The molecule has 0 amide bonds. The van der Waals surface area contributed by atoms with Crippen LogP contribution in [0.15, 0.2) is 35.7 Å². The minimum Gasteiger partial charge on any atom is -0.493 e. The number of thiazole rings is 2. The van der Waals surface area contributed by atoms with Crippen LogP contribution < -0.4 is 25.3 Å². The molecule has 166 valence electrons. The van der Waals surface area contributed by atoms with Gasteiger partial charge < -0.3 is 25.3 Å². The van der Waals surface area contributed by atoms with Crippen LogP contribution >= 0.6 is 22.7 Å². The van der Waals surface area contributed by atoms with Gasteiger partial charge in [0, 0.05) is 28.8 Å². The number of nitrogens with two attached hydrogens (primary N) is 1. The standard InChI is InChI=1S/C21H18F2N4O3S2/c1-28-15-7-11(8-16(29-2)17(15)30-3)25-21-27-19(24)18(32-21)20-26-14(9-31-20)10-4-5-12(22)13(23)6-10/h4-9H,24H2,1-3H3,(H,25,27). The first-order valence-corrected chi connectivity index (χ1v) is 10.9. The van der Waals surface area contributed by atoms with E-state index in [4.69, 9.17) is 19.9 Å². The van der Waals surface area contributed by atoms with Gasteiger partial charge in [0.2, 0.25) is 5.75 Å². The Bertz CT molecular complexity index is 1250. The summed E-state index contributed by atoms with van der Waals surface area (Å²) in [6, 6.07) is 7.17. The highest BCUT2D eigenvalue weighted by molar-refractivity contribution is 7.23. The molecule has 4 rings (SSSR count). The van der Waals surface area contributed by atoms with Crippen LogP contribution in [0, 0.1) is 11.6 Å². The second-order valence-electron chi connectivity index (χ2n) is 6.44. The zero-order valence-electron chi connectivity index (χ0n) is 17.2. The molecule has 0 spiro atoms. The number of methoxy groups -OCH3 is 3. The van der Waals surface area contributed by atoms with Gasteiger partial charge in [-0.15, -0.1) is 11.3 Å². The van der Waals surface area contributed by atoms with Gasteiger partial charge >= 0.3 is 0 Å². The molecule has 11 heteroatoms. The molecule has 0 radical (unpaired) electrons. The number of nitrogens with zero attached hydrogens (tertiary/aromatic N) is 2. The summed E-state index contributed by atoms with van der Waals surface area (Å²) in [6.45, 7) is 0. The fourth-order valence-corrected chi connectivity index (χ4v) is 4.81. The van der Waals surface area contributed by atoms with Gasteiger partial charge in [0.05, 0.1) is 27.0 Å². The highest BCUT2D eigenvalue weighted by Crippen LogP contribution is 2.43. The van der Waals surface area contributed by atoms with Crippen molar-refractivity contribution in [2.45, 2.75) is 0 Å². The Morgan fingerprint density at radius 1 is 0.938 bits per heavy atom. The van der Waals surface area contributed by atoms with E-state index in [2.05, 4.69) is 15.3 Å². The number of hydrogen-bond acceptors (Lipinski definition) is 9. The molecule has 32 heavy (non-hydrogen) atoms. The molecule has 3 N–H and O–H groups in total. The third-order valence-electron chi connectivity index (χ3n) is 4.48. The number of aromatic nitrogens is 2. The van der Waals surface area contributed by atoms with Crippen LogP contribution in [0.2, 0.25) is 0 Å². The Balaban J connectivity index is 1.62. The third-order valence-corrected chi connectivity index (χ3v) is 6.47. The SMILES string of the molecule is COc1cc(Nc2nc(N)c(-c3nc(-c4ccc(F)c(F)c4)cs3)s2)cc(OC)c1OC. The number of halogens is 2. The van der Waals surface area contributed by atoms with E-state index in [-0.39, 0.29) is 0 Å². The molecule has 0 unspecified atom stereocenters. The summed E-state index contributed by atoms with van der Waals surface area (Å²) in [5.74, 6) is -0.0569. The second-order valence-corrected chi connectivity index (χ2v) is 8.30. The molecule has 0 aliphatic rings. The van der Waals surface area contributed by atoms with E-state index in [1.807, 2.05) is 0 Å². The molecule has 0 bridgehead atoms. The maximum absolute atomic E-state index is 13.6. The summed E-state index contributed by atoms with van der Waals surface area (Å²) in [4.78, 5) is 9.55. The lowest BCUT2D eigenvalue weighted by Gasteiger charge is -2.14. The van der Waals surface area contributed by atoms with Crippen LogP contribution in [0.25, 0.3) is 21.1 Å². The molecule has 0 aliphatic carbocycles. The average Bonchev–Trinajstić information content (AvgIpc) is 3.41. The van der Waals surface area contributed by atoms with Crippen LogP contribution in [-0.4, -0.2) is 31.3 Å². The lowest BCUT2D eigenvalue weighted by atomic mass is 10.2. The fourth-order valence-electron chi connectivity index (χ4n) is 2.98. The van der Waals surface area contributed by atoms with Gasteiger partial charge in [-0.3, -0.25) is 0 Å². The zero-order chi connectivity index (χ0) is 22.8. The number of anilines is 3. The topological polar surface area (TPSA) is 91.5 Å². The van der Waals surface area contributed by atoms with Crippen molar-refractivity contribution in [1.29, 1.82) is 0 Å². The number of nitrogens with one attached hydrogen (secondary N) is 1. The van der Waals surface area contributed by atoms with Crippen LogP contribution in [0.5, 0.6) is 17.2 Å². The molecule has 2 heterocycles. The van der Waals surface area contributed by atoms with Gasteiger partial charge in [-0.2, -0.15) is 0 Å². The van der Waals surface area contributed by atoms with Gasteiger partial charge in [0.15, 0.2) is 28.3 Å². The normalized spacial score (nSPS) is 10.8. The van der Waals surface area contributed by atoms with Crippen LogP contribution in [-0.2, 0) is 0 Å². The number of rotatable bonds is 7. The van der Waals surface area contributed by atoms with Crippen LogP contribution in [0.4, 0.5) is 25.4 Å². The van der Waals surface area contributed by atoms with Crippen LogP contribution in [0.1, 0.15) is 0 Å². The molecule has 0 saturated heterocycles. The van der Waals surface area contributed by atoms with Gasteiger partial charge in [-0.25, -0.2) is 18.7 Å². The quantitative estimate of drug-likeness (QED) is 0.361. The molecule has 0 aliphatic heterocycles. The first-order valence-electron chi connectivity index (χ1n) is 9.18. The molecule has 7 nitrogen and oxygen atoms in total. The van der Waals surface area contributed by atoms with E-state index in [1.165, 1.54) is 50.1 Å². The van der Waals surface area contributed by atoms with Gasteiger partial charge in [0.1, 0.15) is 15.7 Å². The van der Waals surface area contributed by atoms with Crippen molar-refractivity contribution < 1.29 is 23.0 Å². The van der Waals surface area contributed by atoms with E-state index in [1.54, 1.807) is 17.5 Å². The van der Waals surface area contributed by atoms with E-state index in [0.29, 0.717) is 55.0 Å². The monoisotopic (exact) mass is 476 g/mol. The first-order chi connectivity index (χ1) is 15.4. The molecule has 4 aromatic rings. The van der Waals surface area contributed by atoms with E-state index in [0.717, 1.165) is 12.1 Å². The Morgan fingerprint density at radius 2 is 1.66 bits per heavy atom. The zero-order valence-corrected chi connectivity index (χ0v) is 18.9. The number of hydrogen-bond donors (Lipinski definition) is 2. The van der Waals surface area contributed by atoms with Crippen molar-refractivity contribution in [3.63, 3.8) is 0 Å². The van der Waals surface area contributed by atoms with Gasteiger partial charge in [-0.1, -0.05) is 11.3 Å². The third kappa shape index (κ3) is 4.16. The van der Waals surface area contributed by atoms with E-state index in [9.17, 15) is 8.78 Å². The van der Waals surface area contributed by atoms with Gasteiger partial charge in [0.25, 0.3) is 0 Å².